The molecule has 2 heterocycles. The lowest BCUT2D eigenvalue weighted by Crippen LogP contribution is -2.38. The Hall–Kier alpha value is -3.18. The maximum Gasteiger partial charge on any atom is 0.257 e. The molecule has 2 amide bonds. The molecule has 1 saturated heterocycles. The molecule has 0 spiro atoms. The summed E-state index contributed by atoms with van der Waals surface area (Å²) in [5.74, 6) is -0.0200. The SMILES string of the molecule is Cc1ccc(C(=O)Nc2ccccc2)c(C2CCN(C(=O)c3ccc(Cl)cc3)CC2)n1. The smallest absolute Gasteiger partial charge is 0.257 e. The van der Waals surface area contributed by atoms with E-state index >= 15 is 0 Å². The molecule has 1 aromatic heterocycles. The molecule has 1 aliphatic heterocycles. The van der Waals surface area contributed by atoms with Crippen LogP contribution in [0.4, 0.5) is 5.69 Å². The molecule has 6 heteroatoms. The van der Waals surface area contributed by atoms with Crippen LogP contribution in [0.3, 0.4) is 0 Å². The summed E-state index contributed by atoms with van der Waals surface area (Å²) < 4.78 is 0. The predicted octanol–water partition coefficient (Wildman–Crippen LogP) is 5.32. The highest BCUT2D eigenvalue weighted by Crippen LogP contribution is 2.30. The number of pyridine rings is 1. The summed E-state index contributed by atoms with van der Waals surface area (Å²) in [5, 5.41) is 3.57. The lowest BCUT2D eigenvalue weighted by molar-refractivity contribution is 0.0711. The zero-order valence-electron chi connectivity index (χ0n) is 17.3. The minimum absolute atomic E-state index is 0.00867. The Labute approximate surface area is 187 Å². The number of para-hydroxylation sites is 1. The molecule has 4 rings (SSSR count). The lowest BCUT2D eigenvalue weighted by atomic mass is 9.89. The fourth-order valence-electron chi connectivity index (χ4n) is 3.93. The molecule has 158 valence electrons. The van der Waals surface area contributed by atoms with Gasteiger partial charge in [0.1, 0.15) is 0 Å². The van der Waals surface area contributed by atoms with Gasteiger partial charge in [-0.3, -0.25) is 14.6 Å². The van der Waals surface area contributed by atoms with Gasteiger partial charge in [0.15, 0.2) is 0 Å². The Bertz CT molecular complexity index is 1080. The van der Waals surface area contributed by atoms with E-state index in [0.29, 0.717) is 29.2 Å². The Morgan fingerprint density at radius 3 is 2.32 bits per heavy atom. The van der Waals surface area contributed by atoms with Gasteiger partial charge in [0.2, 0.25) is 0 Å². The summed E-state index contributed by atoms with van der Waals surface area (Å²) in [5.41, 5.74) is 3.68. The van der Waals surface area contributed by atoms with Crippen LogP contribution >= 0.6 is 11.6 Å². The number of amides is 2. The second-order valence-electron chi connectivity index (χ2n) is 7.78. The van der Waals surface area contributed by atoms with Crippen molar-refractivity contribution in [3.8, 4) is 0 Å². The zero-order valence-corrected chi connectivity index (χ0v) is 18.1. The van der Waals surface area contributed by atoms with Crippen molar-refractivity contribution >= 4 is 29.1 Å². The lowest BCUT2D eigenvalue weighted by Gasteiger charge is -2.32. The number of carbonyl (C=O) groups is 2. The van der Waals surface area contributed by atoms with Crippen LogP contribution in [0.15, 0.2) is 66.7 Å². The predicted molar refractivity (Wildman–Crippen MR) is 123 cm³/mol. The van der Waals surface area contributed by atoms with Crippen molar-refractivity contribution in [3.05, 3.63) is 94.3 Å². The minimum Gasteiger partial charge on any atom is -0.339 e. The summed E-state index contributed by atoms with van der Waals surface area (Å²) in [6.07, 6.45) is 1.53. The van der Waals surface area contributed by atoms with Gasteiger partial charge in [-0.25, -0.2) is 0 Å². The minimum atomic E-state index is -0.159. The van der Waals surface area contributed by atoms with Crippen LogP contribution in [0.2, 0.25) is 5.02 Å². The van der Waals surface area contributed by atoms with Gasteiger partial charge in [-0.2, -0.15) is 0 Å². The number of rotatable bonds is 4. The quantitative estimate of drug-likeness (QED) is 0.606. The number of benzene rings is 2. The van der Waals surface area contributed by atoms with E-state index in [-0.39, 0.29) is 17.7 Å². The van der Waals surface area contributed by atoms with E-state index in [1.165, 1.54) is 0 Å². The molecule has 0 radical (unpaired) electrons. The number of nitrogens with one attached hydrogen (secondary N) is 1. The highest BCUT2D eigenvalue weighted by Gasteiger charge is 2.28. The third kappa shape index (κ3) is 4.94. The van der Waals surface area contributed by atoms with E-state index in [4.69, 9.17) is 16.6 Å². The molecule has 2 aromatic carbocycles. The topological polar surface area (TPSA) is 62.3 Å². The third-order valence-corrected chi connectivity index (χ3v) is 5.85. The largest absolute Gasteiger partial charge is 0.339 e. The first kappa shape index (κ1) is 21.1. The molecule has 5 nitrogen and oxygen atoms in total. The molecule has 1 fully saturated rings. The second kappa shape index (κ2) is 9.31. The van der Waals surface area contributed by atoms with Crippen LogP contribution in [-0.4, -0.2) is 34.8 Å². The van der Waals surface area contributed by atoms with Crippen LogP contribution in [-0.2, 0) is 0 Å². The molecule has 1 N–H and O–H groups in total. The van der Waals surface area contributed by atoms with Gasteiger partial charge >= 0.3 is 0 Å². The highest BCUT2D eigenvalue weighted by atomic mass is 35.5. The first-order valence-electron chi connectivity index (χ1n) is 10.4. The zero-order chi connectivity index (χ0) is 21.8. The van der Waals surface area contributed by atoms with Gasteiger partial charge in [-0.1, -0.05) is 29.8 Å². The standard InChI is InChI=1S/C25H24ClN3O2/c1-17-7-12-22(24(30)28-21-5-3-2-4-6-21)23(27-17)18-13-15-29(16-14-18)25(31)19-8-10-20(26)11-9-19/h2-12,18H,13-16H2,1H3,(H,28,30). The number of aromatic nitrogens is 1. The number of hydrogen-bond acceptors (Lipinski definition) is 3. The average molecular weight is 434 g/mol. The average Bonchev–Trinajstić information content (AvgIpc) is 2.80. The molecule has 1 aliphatic rings. The van der Waals surface area contributed by atoms with E-state index < -0.39 is 0 Å². The highest BCUT2D eigenvalue weighted by molar-refractivity contribution is 6.30. The normalized spacial score (nSPS) is 14.3. The molecule has 0 saturated carbocycles. The fraction of sp³-hybridized carbons (Fsp3) is 0.240. The van der Waals surface area contributed by atoms with Crippen molar-refractivity contribution in [2.24, 2.45) is 0 Å². The molecular weight excluding hydrogens is 410 g/mol. The van der Waals surface area contributed by atoms with Crippen molar-refractivity contribution in [1.29, 1.82) is 0 Å². The summed E-state index contributed by atoms with van der Waals surface area (Å²) in [4.78, 5) is 32.3. The third-order valence-electron chi connectivity index (χ3n) is 5.60. The Balaban J connectivity index is 1.48. The first-order chi connectivity index (χ1) is 15.0. The number of hydrogen-bond donors (Lipinski definition) is 1. The number of likely N-dealkylation sites (tertiary alicyclic amines) is 1. The maximum atomic E-state index is 12.9. The van der Waals surface area contributed by atoms with E-state index in [9.17, 15) is 9.59 Å². The van der Waals surface area contributed by atoms with Crippen molar-refractivity contribution in [2.45, 2.75) is 25.7 Å². The number of piperidine rings is 1. The number of anilines is 1. The van der Waals surface area contributed by atoms with E-state index in [2.05, 4.69) is 5.32 Å². The van der Waals surface area contributed by atoms with Crippen LogP contribution in [0.25, 0.3) is 0 Å². The molecule has 31 heavy (non-hydrogen) atoms. The Morgan fingerprint density at radius 1 is 0.968 bits per heavy atom. The fourth-order valence-corrected chi connectivity index (χ4v) is 4.06. The number of halogens is 1. The second-order valence-corrected chi connectivity index (χ2v) is 8.22. The molecule has 0 aliphatic carbocycles. The van der Waals surface area contributed by atoms with Gasteiger partial charge in [-0.05, 0) is 68.3 Å². The van der Waals surface area contributed by atoms with Crippen LogP contribution < -0.4 is 5.32 Å². The molecule has 3 aromatic rings. The molecule has 0 atom stereocenters. The maximum absolute atomic E-state index is 12.9. The van der Waals surface area contributed by atoms with Crippen LogP contribution in [0, 0.1) is 6.92 Å². The number of nitrogens with zero attached hydrogens (tertiary/aromatic N) is 2. The summed E-state index contributed by atoms with van der Waals surface area (Å²) >= 11 is 5.93. The summed E-state index contributed by atoms with van der Waals surface area (Å²) in [7, 11) is 0. The van der Waals surface area contributed by atoms with Gasteiger partial charge < -0.3 is 10.2 Å². The first-order valence-corrected chi connectivity index (χ1v) is 10.8. The van der Waals surface area contributed by atoms with Gasteiger partial charge in [-0.15, -0.1) is 0 Å². The van der Waals surface area contributed by atoms with Gasteiger partial charge in [0.25, 0.3) is 11.8 Å². The Morgan fingerprint density at radius 2 is 1.65 bits per heavy atom. The summed E-state index contributed by atoms with van der Waals surface area (Å²) in [6.45, 7) is 3.19. The van der Waals surface area contributed by atoms with Crippen LogP contribution in [0.5, 0.6) is 0 Å². The molecule has 0 bridgehead atoms. The van der Waals surface area contributed by atoms with Crippen molar-refractivity contribution in [3.63, 3.8) is 0 Å². The Kier molecular flexibility index (Phi) is 6.33. The van der Waals surface area contributed by atoms with E-state index in [1.54, 1.807) is 24.3 Å². The van der Waals surface area contributed by atoms with Crippen molar-refractivity contribution < 1.29 is 9.59 Å². The summed E-state index contributed by atoms with van der Waals surface area (Å²) in [6, 6.07) is 20.1. The van der Waals surface area contributed by atoms with Gasteiger partial charge in [0, 0.05) is 41.0 Å². The monoisotopic (exact) mass is 433 g/mol. The number of carbonyl (C=O) groups excluding carboxylic acids is 2. The van der Waals surface area contributed by atoms with Crippen LogP contribution in [0.1, 0.15) is 50.9 Å². The van der Waals surface area contributed by atoms with Crippen molar-refractivity contribution in [1.82, 2.24) is 9.88 Å². The number of aryl methyl sites for hydroxylation is 1. The van der Waals surface area contributed by atoms with Crippen molar-refractivity contribution in [2.75, 3.05) is 18.4 Å². The van der Waals surface area contributed by atoms with E-state index in [0.717, 1.165) is 29.9 Å². The van der Waals surface area contributed by atoms with Gasteiger partial charge in [0.05, 0.1) is 11.3 Å². The van der Waals surface area contributed by atoms with E-state index in [1.807, 2.05) is 54.3 Å². The molecule has 0 unspecified atom stereocenters. The molecular formula is C25H24ClN3O2.